The van der Waals surface area contributed by atoms with E-state index in [9.17, 15) is 4.79 Å². The van der Waals surface area contributed by atoms with Crippen molar-refractivity contribution in [3.05, 3.63) is 29.8 Å². The molecule has 31 heavy (non-hydrogen) atoms. The number of ether oxygens (including phenoxy) is 2. The minimum Gasteiger partial charge on any atom is -0.484 e. The number of nitrogens with zero attached hydrogens (tertiary/aromatic N) is 1. The van der Waals surface area contributed by atoms with Crippen molar-refractivity contribution in [2.75, 3.05) is 26.3 Å². The van der Waals surface area contributed by atoms with Crippen LogP contribution < -0.4 is 20.7 Å². The Morgan fingerprint density at radius 2 is 2.00 bits per heavy atom. The molecule has 1 fully saturated rings. The van der Waals surface area contributed by atoms with Crippen molar-refractivity contribution < 1.29 is 14.3 Å². The number of amides is 1. The number of rotatable bonds is 13. The number of guanidine groups is 1. The lowest BCUT2D eigenvalue weighted by molar-refractivity contribution is -0.123. The van der Waals surface area contributed by atoms with Gasteiger partial charge in [0, 0.05) is 25.7 Å². The SMILES string of the molecule is CCNC(=NCc1cccc(OCC(=O)NC2CC2)c1)NCCC(OCC)C(C)C.I. The van der Waals surface area contributed by atoms with Gasteiger partial charge in [-0.25, -0.2) is 4.99 Å². The van der Waals surface area contributed by atoms with E-state index >= 15 is 0 Å². The smallest absolute Gasteiger partial charge is 0.258 e. The summed E-state index contributed by atoms with van der Waals surface area (Å²) in [5.74, 6) is 1.89. The molecule has 7 nitrogen and oxygen atoms in total. The van der Waals surface area contributed by atoms with Crippen LogP contribution in [0.15, 0.2) is 29.3 Å². The molecular formula is C23H39IN4O3. The third kappa shape index (κ3) is 11.6. The molecule has 1 aliphatic carbocycles. The van der Waals surface area contributed by atoms with Crippen LogP contribution >= 0.6 is 24.0 Å². The Morgan fingerprint density at radius 1 is 1.23 bits per heavy atom. The summed E-state index contributed by atoms with van der Waals surface area (Å²) < 4.78 is 11.4. The fourth-order valence-corrected chi connectivity index (χ4v) is 3.05. The fraction of sp³-hybridized carbons (Fsp3) is 0.652. The maximum atomic E-state index is 11.8. The predicted molar refractivity (Wildman–Crippen MR) is 136 cm³/mol. The average Bonchev–Trinajstić information content (AvgIpc) is 3.54. The van der Waals surface area contributed by atoms with E-state index < -0.39 is 0 Å². The molecule has 0 aliphatic heterocycles. The van der Waals surface area contributed by atoms with Crippen molar-refractivity contribution >= 4 is 35.8 Å². The molecule has 1 aliphatic rings. The molecule has 1 aromatic rings. The molecule has 3 N–H and O–H groups in total. The van der Waals surface area contributed by atoms with Crippen LogP contribution in [0.2, 0.25) is 0 Å². The lowest BCUT2D eigenvalue weighted by Crippen LogP contribution is -2.39. The Kier molecular flexibility index (Phi) is 13.6. The van der Waals surface area contributed by atoms with Crippen molar-refractivity contribution in [1.29, 1.82) is 0 Å². The maximum absolute atomic E-state index is 11.8. The number of carbonyl (C=O) groups excluding carboxylic acids is 1. The number of nitrogens with one attached hydrogen (secondary N) is 3. The number of aliphatic imine (C=N–C) groups is 1. The summed E-state index contributed by atoms with van der Waals surface area (Å²) in [7, 11) is 0. The van der Waals surface area contributed by atoms with E-state index in [0.29, 0.717) is 24.3 Å². The molecule has 0 heterocycles. The Balaban J connectivity index is 0.00000480. The van der Waals surface area contributed by atoms with Gasteiger partial charge >= 0.3 is 0 Å². The standard InChI is InChI=1S/C23H38N4O3.HI/c1-5-24-23(25-13-12-21(17(3)4)29-6-2)26-15-18-8-7-9-20(14-18)30-16-22(28)27-19-10-11-19;/h7-9,14,17,19,21H,5-6,10-13,15-16H2,1-4H3,(H,27,28)(H2,24,25,26);1H. The quantitative estimate of drug-likeness (QED) is 0.201. The summed E-state index contributed by atoms with van der Waals surface area (Å²) in [5, 5.41) is 9.59. The molecule has 0 radical (unpaired) electrons. The highest BCUT2D eigenvalue weighted by molar-refractivity contribution is 14.0. The van der Waals surface area contributed by atoms with Gasteiger partial charge in [0.1, 0.15) is 5.75 Å². The van der Waals surface area contributed by atoms with Gasteiger partial charge in [-0.3, -0.25) is 4.79 Å². The zero-order chi connectivity index (χ0) is 21.8. The van der Waals surface area contributed by atoms with Crippen LogP contribution in [0.25, 0.3) is 0 Å². The molecule has 0 spiro atoms. The first-order valence-electron chi connectivity index (χ1n) is 11.2. The zero-order valence-electron chi connectivity index (χ0n) is 19.3. The minimum atomic E-state index is -0.0636. The van der Waals surface area contributed by atoms with Crippen LogP contribution in [0.1, 0.15) is 52.5 Å². The van der Waals surface area contributed by atoms with Gasteiger partial charge in [0.2, 0.25) is 0 Å². The summed E-state index contributed by atoms with van der Waals surface area (Å²) in [6, 6.07) is 8.08. The molecular weight excluding hydrogens is 507 g/mol. The van der Waals surface area contributed by atoms with E-state index in [-0.39, 0.29) is 42.6 Å². The minimum absolute atomic E-state index is 0. The van der Waals surface area contributed by atoms with Crippen LogP contribution in [-0.2, 0) is 16.1 Å². The van der Waals surface area contributed by atoms with Crippen LogP contribution in [0.4, 0.5) is 0 Å². The number of benzene rings is 1. The fourth-order valence-electron chi connectivity index (χ4n) is 3.05. The van der Waals surface area contributed by atoms with Gasteiger partial charge in [0.25, 0.3) is 5.91 Å². The second-order valence-corrected chi connectivity index (χ2v) is 7.93. The van der Waals surface area contributed by atoms with Crippen LogP contribution in [0, 0.1) is 5.92 Å². The highest BCUT2D eigenvalue weighted by Gasteiger charge is 2.23. The Morgan fingerprint density at radius 3 is 2.65 bits per heavy atom. The van der Waals surface area contributed by atoms with Crippen molar-refractivity contribution in [2.24, 2.45) is 10.9 Å². The Bertz CT molecular complexity index is 681. The molecule has 0 saturated heterocycles. The average molecular weight is 546 g/mol. The van der Waals surface area contributed by atoms with E-state index in [2.05, 4.69) is 41.7 Å². The lowest BCUT2D eigenvalue weighted by Gasteiger charge is -2.21. The molecule has 1 saturated carbocycles. The monoisotopic (exact) mass is 546 g/mol. The summed E-state index contributed by atoms with van der Waals surface area (Å²) >= 11 is 0. The maximum Gasteiger partial charge on any atom is 0.258 e. The first kappa shape index (κ1) is 27.5. The topological polar surface area (TPSA) is 84.0 Å². The lowest BCUT2D eigenvalue weighted by atomic mass is 10.0. The number of halogens is 1. The largest absolute Gasteiger partial charge is 0.484 e. The van der Waals surface area contributed by atoms with Crippen LogP contribution in [0.3, 0.4) is 0 Å². The molecule has 1 aromatic carbocycles. The molecule has 1 unspecified atom stereocenters. The van der Waals surface area contributed by atoms with Gasteiger partial charge in [-0.15, -0.1) is 24.0 Å². The van der Waals surface area contributed by atoms with Gasteiger partial charge in [-0.2, -0.15) is 0 Å². The van der Waals surface area contributed by atoms with Gasteiger partial charge in [-0.1, -0.05) is 26.0 Å². The normalized spacial score (nSPS) is 14.5. The second kappa shape index (κ2) is 15.3. The van der Waals surface area contributed by atoms with E-state index in [1.807, 2.05) is 31.2 Å². The number of hydrogen-bond donors (Lipinski definition) is 3. The Hall–Kier alpha value is -1.55. The second-order valence-electron chi connectivity index (χ2n) is 7.93. The van der Waals surface area contributed by atoms with Crippen LogP contribution in [-0.4, -0.2) is 50.3 Å². The first-order chi connectivity index (χ1) is 14.5. The number of hydrogen-bond acceptors (Lipinski definition) is 4. The first-order valence-corrected chi connectivity index (χ1v) is 11.2. The van der Waals surface area contributed by atoms with Crippen molar-refractivity contribution in [3.8, 4) is 5.75 Å². The van der Waals surface area contributed by atoms with Crippen molar-refractivity contribution in [2.45, 2.75) is 65.6 Å². The van der Waals surface area contributed by atoms with Gasteiger partial charge < -0.3 is 25.4 Å². The highest BCUT2D eigenvalue weighted by atomic mass is 127. The van der Waals surface area contributed by atoms with Crippen LogP contribution in [0.5, 0.6) is 5.75 Å². The molecule has 0 aromatic heterocycles. The van der Waals surface area contributed by atoms with Gasteiger partial charge in [-0.05, 0) is 56.7 Å². The zero-order valence-corrected chi connectivity index (χ0v) is 21.6. The molecule has 1 amide bonds. The number of carbonyl (C=O) groups is 1. The van der Waals surface area contributed by atoms with Gasteiger partial charge in [0.05, 0.1) is 12.6 Å². The highest BCUT2D eigenvalue weighted by Crippen LogP contribution is 2.18. The van der Waals surface area contributed by atoms with E-state index in [1.54, 1.807) is 0 Å². The van der Waals surface area contributed by atoms with E-state index in [1.165, 1.54) is 0 Å². The summed E-state index contributed by atoms with van der Waals surface area (Å²) in [5.41, 5.74) is 1.03. The van der Waals surface area contributed by atoms with E-state index in [0.717, 1.165) is 50.5 Å². The van der Waals surface area contributed by atoms with Gasteiger partial charge in [0.15, 0.2) is 12.6 Å². The molecule has 2 rings (SSSR count). The molecule has 1 atom stereocenters. The molecule has 0 bridgehead atoms. The third-order valence-electron chi connectivity index (χ3n) is 4.82. The Labute approximate surface area is 204 Å². The van der Waals surface area contributed by atoms with Crippen molar-refractivity contribution in [3.63, 3.8) is 0 Å². The summed E-state index contributed by atoms with van der Waals surface area (Å²) in [4.78, 5) is 16.5. The van der Waals surface area contributed by atoms with Crippen molar-refractivity contribution in [1.82, 2.24) is 16.0 Å². The van der Waals surface area contributed by atoms with E-state index in [4.69, 9.17) is 9.47 Å². The summed E-state index contributed by atoms with van der Waals surface area (Å²) in [6.45, 7) is 11.4. The molecule has 8 heteroatoms. The predicted octanol–water partition coefficient (Wildman–Crippen LogP) is 3.47. The molecule has 176 valence electrons. The summed E-state index contributed by atoms with van der Waals surface area (Å²) in [6.07, 6.45) is 3.33. The third-order valence-corrected chi connectivity index (χ3v) is 4.82.